The summed E-state index contributed by atoms with van der Waals surface area (Å²) in [6.07, 6.45) is -0.213. The van der Waals surface area contributed by atoms with Crippen LogP contribution in [0.25, 0.3) is 0 Å². The van der Waals surface area contributed by atoms with Crippen molar-refractivity contribution >= 4 is 40.4 Å². The monoisotopic (exact) mass is 416 g/mol. The zero-order chi connectivity index (χ0) is 21.6. The number of carbonyl (C=O) groups is 1. The van der Waals surface area contributed by atoms with Gasteiger partial charge in [-0.15, -0.1) is 0 Å². The number of amides is 1. The van der Waals surface area contributed by atoms with Crippen LogP contribution < -0.4 is 16.4 Å². The maximum absolute atomic E-state index is 12.3. The van der Waals surface area contributed by atoms with Gasteiger partial charge in [0.2, 0.25) is 0 Å². The number of carbonyl (C=O) groups excluding carboxylic acids is 1. The molecule has 0 bridgehead atoms. The van der Waals surface area contributed by atoms with Gasteiger partial charge in [-0.25, -0.2) is 4.79 Å². The van der Waals surface area contributed by atoms with Crippen molar-refractivity contribution < 1.29 is 14.5 Å². The van der Waals surface area contributed by atoms with Gasteiger partial charge in [0.15, 0.2) is 0 Å². The molecule has 0 radical (unpaired) electrons. The summed E-state index contributed by atoms with van der Waals surface area (Å²) in [7, 11) is 0. The standard InChI is InChI=1S/C20H24N4O4S/c1-20(2,3)28-19(25)23-17(11-13-7-5-4-6-8-13)18(29)22-16-12-14(24(26)27)9-10-15(16)21/h4-10,12,17H,11,21H2,1-3H3,(H,22,29)(H,23,25)/t17-/m0/s1. The van der Waals surface area contributed by atoms with Crippen molar-refractivity contribution in [2.75, 3.05) is 11.1 Å². The van der Waals surface area contributed by atoms with Crippen LogP contribution in [-0.4, -0.2) is 27.6 Å². The fraction of sp³-hybridized carbons (Fsp3) is 0.300. The van der Waals surface area contributed by atoms with E-state index in [0.29, 0.717) is 17.8 Å². The fourth-order valence-electron chi connectivity index (χ4n) is 2.49. The summed E-state index contributed by atoms with van der Waals surface area (Å²) >= 11 is 5.48. The minimum atomic E-state index is -0.666. The molecule has 8 nitrogen and oxygen atoms in total. The summed E-state index contributed by atoms with van der Waals surface area (Å²) in [6, 6.07) is 12.9. The molecule has 9 heteroatoms. The average molecular weight is 417 g/mol. The number of alkyl carbamates (subject to hydrolysis) is 1. The molecule has 0 saturated carbocycles. The van der Waals surface area contributed by atoms with E-state index in [1.807, 2.05) is 30.3 Å². The molecule has 0 aliphatic carbocycles. The molecular weight excluding hydrogens is 392 g/mol. The van der Waals surface area contributed by atoms with Crippen LogP contribution in [0.4, 0.5) is 21.9 Å². The summed E-state index contributed by atoms with van der Waals surface area (Å²) in [5.41, 5.74) is 6.68. The van der Waals surface area contributed by atoms with E-state index in [2.05, 4.69) is 10.6 Å². The first-order chi connectivity index (χ1) is 13.5. The zero-order valence-electron chi connectivity index (χ0n) is 16.5. The lowest BCUT2D eigenvalue weighted by atomic mass is 10.1. The number of hydrogen-bond donors (Lipinski definition) is 3. The number of ether oxygens (including phenoxy) is 1. The Morgan fingerprint density at radius 1 is 1.24 bits per heavy atom. The highest BCUT2D eigenvalue weighted by molar-refractivity contribution is 7.80. The second kappa shape index (κ2) is 9.33. The molecule has 2 rings (SSSR count). The lowest BCUT2D eigenvalue weighted by Crippen LogP contribution is -2.46. The topological polar surface area (TPSA) is 120 Å². The molecule has 2 aromatic rings. The largest absolute Gasteiger partial charge is 0.444 e. The van der Waals surface area contributed by atoms with Crippen molar-refractivity contribution in [2.45, 2.75) is 38.8 Å². The maximum Gasteiger partial charge on any atom is 0.408 e. The first kappa shape index (κ1) is 22.1. The summed E-state index contributed by atoms with van der Waals surface area (Å²) in [4.78, 5) is 23.1. The molecule has 0 saturated heterocycles. The molecule has 1 atom stereocenters. The van der Waals surface area contributed by atoms with Crippen LogP contribution in [0.2, 0.25) is 0 Å². The first-order valence-electron chi connectivity index (χ1n) is 8.93. The third kappa shape index (κ3) is 7.04. The Bertz CT molecular complexity index is 897. The van der Waals surface area contributed by atoms with Crippen LogP contribution in [0.3, 0.4) is 0 Å². The van der Waals surface area contributed by atoms with Crippen LogP contribution in [0, 0.1) is 10.1 Å². The number of nitrogens with zero attached hydrogens (tertiary/aromatic N) is 1. The van der Waals surface area contributed by atoms with E-state index in [1.54, 1.807) is 20.8 Å². The van der Waals surface area contributed by atoms with E-state index >= 15 is 0 Å². The minimum Gasteiger partial charge on any atom is -0.444 e. The molecule has 0 unspecified atom stereocenters. The number of nitro benzene ring substituents is 1. The molecule has 0 heterocycles. The number of nitrogens with two attached hydrogens (primary N) is 1. The predicted molar refractivity (Wildman–Crippen MR) is 117 cm³/mol. The Kier molecular flexibility index (Phi) is 7.11. The van der Waals surface area contributed by atoms with Crippen LogP contribution in [0.5, 0.6) is 0 Å². The number of hydrogen-bond acceptors (Lipinski definition) is 6. The normalized spacial score (nSPS) is 12.0. The Hall–Kier alpha value is -3.20. The number of anilines is 2. The number of nitrogen functional groups attached to an aromatic ring is 1. The molecule has 1 amide bonds. The van der Waals surface area contributed by atoms with Gasteiger partial charge in [0.1, 0.15) is 10.6 Å². The highest BCUT2D eigenvalue weighted by Gasteiger charge is 2.23. The lowest BCUT2D eigenvalue weighted by Gasteiger charge is -2.25. The van der Waals surface area contributed by atoms with E-state index in [4.69, 9.17) is 22.7 Å². The summed E-state index contributed by atoms with van der Waals surface area (Å²) in [6.45, 7) is 5.29. The van der Waals surface area contributed by atoms with Crippen molar-refractivity contribution in [1.29, 1.82) is 0 Å². The molecule has 0 fully saturated rings. The van der Waals surface area contributed by atoms with Gasteiger partial charge in [0.05, 0.1) is 22.3 Å². The molecule has 29 heavy (non-hydrogen) atoms. The number of non-ortho nitro benzene ring substituents is 1. The van der Waals surface area contributed by atoms with Crippen molar-refractivity contribution in [2.24, 2.45) is 0 Å². The molecule has 4 N–H and O–H groups in total. The zero-order valence-corrected chi connectivity index (χ0v) is 17.3. The van der Waals surface area contributed by atoms with Gasteiger partial charge in [0, 0.05) is 12.1 Å². The Balaban J connectivity index is 2.23. The molecule has 2 aromatic carbocycles. The van der Waals surface area contributed by atoms with E-state index in [0.717, 1.165) is 5.56 Å². The minimum absolute atomic E-state index is 0.121. The number of thiocarbonyl (C=S) groups is 1. The lowest BCUT2D eigenvalue weighted by molar-refractivity contribution is -0.384. The van der Waals surface area contributed by atoms with Crippen LogP contribution in [0.15, 0.2) is 48.5 Å². The molecular formula is C20H24N4O4S. The van der Waals surface area contributed by atoms with Gasteiger partial charge in [-0.1, -0.05) is 42.5 Å². The molecule has 0 aliphatic rings. The van der Waals surface area contributed by atoms with Gasteiger partial charge < -0.3 is 21.1 Å². The smallest absolute Gasteiger partial charge is 0.408 e. The number of nitrogens with one attached hydrogen (secondary N) is 2. The van der Waals surface area contributed by atoms with Gasteiger partial charge in [-0.2, -0.15) is 0 Å². The molecule has 154 valence electrons. The van der Waals surface area contributed by atoms with E-state index in [-0.39, 0.29) is 10.7 Å². The first-order valence-corrected chi connectivity index (χ1v) is 9.34. The Morgan fingerprint density at radius 2 is 1.90 bits per heavy atom. The van der Waals surface area contributed by atoms with E-state index in [9.17, 15) is 14.9 Å². The molecule has 0 spiro atoms. The fourth-order valence-corrected chi connectivity index (χ4v) is 2.75. The SMILES string of the molecule is CC(C)(C)OC(=O)N[C@@H](Cc1ccccc1)C(=S)Nc1cc([N+](=O)[O-])ccc1N. The number of benzene rings is 2. The predicted octanol–water partition coefficient (Wildman–Crippen LogP) is 4.05. The second-order valence-corrected chi connectivity index (χ2v) is 7.85. The Morgan fingerprint density at radius 3 is 2.48 bits per heavy atom. The number of nitro groups is 1. The quantitative estimate of drug-likeness (QED) is 0.281. The molecule has 0 aliphatic heterocycles. The maximum atomic E-state index is 12.3. The van der Waals surface area contributed by atoms with Crippen molar-refractivity contribution in [1.82, 2.24) is 5.32 Å². The van der Waals surface area contributed by atoms with E-state index < -0.39 is 22.7 Å². The Labute approximate surface area is 174 Å². The van der Waals surface area contributed by atoms with Crippen LogP contribution in [0.1, 0.15) is 26.3 Å². The summed E-state index contributed by atoms with van der Waals surface area (Å²) < 4.78 is 5.33. The number of rotatable bonds is 6. The van der Waals surface area contributed by atoms with E-state index in [1.165, 1.54) is 18.2 Å². The van der Waals surface area contributed by atoms with Crippen molar-refractivity contribution in [3.05, 3.63) is 64.2 Å². The van der Waals surface area contributed by atoms with Gasteiger partial charge in [-0.3, -0.25) is 10.1 Å². The second-order valence-electron chi connectivity index (χ2n) is 7.41. The van der Waals surface area contributed by atoms with Gasteiger partial charge >= 0.3 is 6.09 Å². The van der Waals surface area contributed by atoms with Crippen molar-refractivity contribution in [3.8, 4) is 0 Å². The third-order valence-corrected chi connectivity index (χ3v) is 4.18. The average Bonchev–Trinajstić information content (AvgIpc) is 2.62. The highest BCUT2D eigenvalue weighted by Crippen LogP contribution is 2.25. The van der Waals surface area contributed by atoms with Gasteiger partial charge in [-0.05, 0) is 38.8 Å². The third-order valence-electron chi connectivity index (χ3n) is 3.80. The highest BCUT2D eigenvalue weighted by atomic mass is 32.1. The summed E-state index contributed by atoms with van der Waals surface area (Å²) in [5, 5.41) is 16.7. The van der Waals surface area contributed by atoms with Crippen LogP contribution >= 0.6 is 12.2 Å². The van der Waals surface area contributed by atoms with Crippen molar-refractivity contribution in [3.63, 3.8) is 0 Å². The van der Waals surface area contributed by atoms with Crippen LogP contribution in [-0.2, 0) is 11.2 Å². The van der Waals surface area contributed by atoms with Gasteiger partial charge in [0.25, 0.3) is 5.69 Å². The summed E-state index contributed by atoms with van der Waals surface area (Å²) in [5.74, 6) is 0. The molecule has 0 aromatic heterocycles.